The van der Waals surface area contributed by atoms with Crippen molar-refractivity contribution in [2.45, 2.75) is 50.4 Å². The second-order valence-electron chi connectivity index (χ2n) is 7.10. The molecule has 11 heteroatoms. The lowest BCUT2D eigenvalue weighted by molar-refractivity contribution is -0.160. The summed E-state index contributed by atoms with van der Waals surface area (Å²) in [4.78, 5) is 28.1. The van der Waals surface area contributed by atoms with Crippen molar-refractivity contribution in [2.75, 3.05) is 6.61 Å². The number of halogens is 4. The van der Waals surface area contributed by atoms with Crippen molar-refractivity contribution in [3.63, 3.8) is 0 Å². The molecule has 3 rings (SSSR count). The number of esters is 1. The fourth-order valence-electron chi connectivity index (χ4n) is 3.20. The van der Waals surface area contributed by atoms with Crippen LogP contribution in [0.5, 0.6) is 0 Å². The molecular formula is C20H20ClF3N2O4S. The molecule has 0 aliphatic heterocycles. The second-order valence-corrected chi connectivity index (χ2v) is 8.37. The first kappa shape index (κ1) is 23.3. The van der Waals surface area contributed by atoms with Gasteiger partial charge < -0.3 is 14.8 Å². The first-order valence-electron chi connectivity index (χ1n) is 9.58. The lowest BCUT2D eigenvalue weighted by atomic mass is 9.93. The third-order valence-corrected chi connectivity index (χ3v) is 5.90. The van der Waals surface area contributed by atoms with Crippen molar-refractivity contribution in [3.05, 3.63) is 40.4 Å². The largest absolute Gasteiger partial charge is 0.462 e. The Bertz CT molecular complexity index is 914. The van der Waals surface area contributed by atoms with Crippen molar-refractivity contribution >= 4 is 35.0 Å². The Labute approximate surface area is 185 Å². The highest BCUT2D eigenvalue weighted by Gasteiger charge is 2.31. The zero-order valence-corrected chi connectivity index (χ0v) is 17.9. The summed E-state index contributed by atoms with van der Waals surface area (Å²) in [6.45, 7) is -1.62. The number of amides is 1. The summed E-state index contributed by atoms with van der Waals surface area (Å²) in [6, 6.07) is 7.00. The predicted molar refractivity (Wildman–Crippen MR) is 109 cm³/mol. The number of alkyl carbamates (subject to hydrolysis) is 1. The summed E-state index contributed by atoms with van der Waals surface area (Å²) in [5.41, 5.74) is 1.39. The van der Waals surface area contributed by atoms with Gasteiger partial charge in [0.05, 0.1) is 17.1 Å². The van der Waals surface area contributed by atoms with Crippen molar-refractivity contribution in [2.24, 2.45) is 0 Å². The van der Waals surface area contributed by atoms with E-state index in [0.717, 1.165) is 10.6 Å². The summed E-state index contributed by atoms with van der Waals surface area (Å²) in [5, 5.41) is 5.49. The van der Waals surface area contributed by atoms with Gasteiger partial charge in [-0.3, -0.25) is 4.79 Å². The van der Waals surface area contributed by atoms with Crippen LogP contribution in [0.4, 0.5) is 18.0 Å². The third-order valence-electron chi connectivity index (χ3n) is 4.64. The second kappa shape index (κ2) is 10.3. The van der Waals surface area contributed by atoms with Crippen LogP contribution in [-0.4, -0.2) is 42.0 Å². The molecule has 0 radical (unpaired) electrons. The monoisotopic (exact) mass is 476 g/mol. The van der Waals surface area contributed by atoms with E-state index in [0.29, 0.717) is 36.4 Å². The number of ether oxygens (including phenoxy) is 2. The van der Waals surface area contributed by atoms with E-state index in [1.807, 2.05) is 18.2 Å². The van der Waals surface area contributed by atoms with Gasteiger partial charge in [-0.1, -0.05) is 29.8 Å². The lowest BCUT2D eigenvalue weighted by Crippen LogP contribution is -2.40. The van der Waals surface area contributed by atoms with Crippen LogP contribution < -0.4 is 5.32 Å². The molecule has 1 N–H and O–H groups in total. The van der Waals surface area contributed by atoms with Crippen molar-refractivity contribution in [1.82, 2.24) is 10.3 Å². The molecule has 1 aliphatic rings. The number of hydrogen-bond acceptors (Lipinski definition) is 6. The van der Waals surface area contributed by atoms with Gasteiger partial charge in [0.25, 0.3) is 0 Å². The average Bonchev–Trinajstić information content (AvgIpc) is 3.16. The Morgan fingerprint density at radius 1 is 1.19 bits per heavy atom. The molecule has 1 aromatic carbocycles. The van der Waals surface area contributed by atoms with Gasteiger partial charge in [-0.15, -0.1) is 11.3 Å². The minimum Gasteiger partial charge on any atom is -0.462 e. The van der Waals surface area contributed by atoms with Crippen LogP contribution in [0, 0.1) is 0 Å². The van der Waals surface area contributed by atoms with Crippen LogP contribution in [0.3, 0.4) is 0 Å². The number of aromatic nitrogens is 1. The highest BCUT2D eigenvalue weighted by molar-refractivity contribution is 7.13. The average molecular weight is 477 g/mol. The fraction of sp³-hybridized carbons (Fsp3) is 0.450. The molecule has 6 nitrogen and oxygen atoms in total. The van der Waals surface area contributed by atoms with E-state index in [-0.39, 0.29) is 18.6 Å². The Morgan fingerprint density at radius 3 is 2.58 bits per heavy atom. The molecule has 1 amide bonds. The molecule has 0 bridgehead atoms. The molecule has 2 aromatic rings. The molecule has 0 spiro atoms. The quantitative estimate of drug-likeness (QED) is 0.583. The molecular weight excluding hydrogens is 457 g/mol. The predicted octanol–water partition coefficient (Wildman–Crippen LogP) is 5.15. The molecule has 1 heterocycles. The number of rotatable bonds is 6. The van der Waals surface area contributed by atoms with Crippen molar-refractivity contribution in [1.29, 1.82) is 0 Å². The van der Waals surface area contributed by atoms with E-state index < -0.39 is 24.8 Å². The summed E-state index contributed by atoms with van der Waals surface area (Å²) in [7, 11) is 0. The minimum atomic E-state index is -4.56. The lowest BCUT2D eigenvalue weighted by Gasteiger charge is -2.28. The first-order chi connectivity index (χ1) is 14.7. The molecule has 1 aromatic heterocycles. The topological polar surface area (TPSA) is 77.5 Å². The van der Waals surface area contributed by atoms with Gasteiger partial charge >= 0.3 is 18.2 Å². The van der Waals surface area contributed by atoms with Gasteiger partial charge in [-0.05, 0) is 31.7 Å². The third kappa shape index (κ3) is 7.39. The molecule has 0 unspecified atom stereocenters. The van der Waals surface area contributed by atoms with Crippen LogP contribution in [0.25, 0.3) is 10.6 Å². The van der Waals surface area contributed by atoms with Gasteiger partial charge in [0, 0.05) is 17.0 Å². The van der Waals surface area contributed by atoms with Gasteiger partial charge in [-0.2, -0.15) is 13.2 Å². The molecule has 0 atom stereocenters. The maximum atomic E-state index is 12.3. The van der Waals surface area contributed by atoms with E-state index in [1.165, 1.54) is 11.3 Å². The van der Waals surface area contributed by atoms with E-state index in [4.69, 9.17) is 16.3 Å². The van der Waals surface area contributed by atoms with Gasteiger partial charge in [-0.25, -0.2) is 9.78 Å². The number of carbonyl (C=O) groups is 2. The zero-order chi connectivity index (χ0) is 22.4. The van der Waals surface area contributed by atoms with Crippen LogP contribution in [0.1, 0.15) is 31.4 Å². The summed E-state index contributed by atoms with van der Waals surface area (Å²) in [6.07, 6.45) is -3.99. The van der Waals surface area contributed by atoms with Crippen LogP contribution in [0.2, 0.25) is 5.02 Å². The number of alkyl halides is 3. The molecule has 31 heavy (non-hydrogen) atoms. The number of carbonyl (C=O) groups excluding carboxylic acids is 2. The number of hydrogen-bond donors (Lipinski definition) is 1. The Hall–Kier alpha value is -2.33. The maximum absolute atomic E-state index is 12.3. The Morgan fingerprint density at radius 2 is 1.90 bits per heavy atom. The SMILES string of the molecule is O=C(Cc1csc(-c2ccccc2Cl)n1)OC1CCC(NC(=O)OCC(F)(F)F)CC1. The van der Waals surface area contributed by atoms with Gasteiger partial charge in [0.1, 0.15) is 11.1 Å². The number of thiazole rings is 1. The molecule has 1 saturated carbocycles. The van der Waals surface area contributed by atoms with E-state index in [1.54, 1.807) is 11.4 Å². The summed E-state index contributed by atoms with van der Waals surface area (Å²) in [5.74, 6) is -0.406. The van der Waals surface area contributed by atoms with E-state index in [2.05, 4.69) is 15.0 Å². The highest BCUT2D eigenvalue weighted by Crippen LogP contribution is 2.30. The standard InChI is InChI=1S/C20H20ClF3N2O4S/c21-16-4-2-1-3-15(16)18-25-13(10-31-18)9-17(27)30-14-7-5-12(6-8-14)26-19(28)29-11-20(22,23)24/h1-4,10,12,14H,5-9,11H2,(H,26,28). The smallest absolute Gasteiger partial charge is 0.422 e. The van der Waals surface area contributed by atoms with E-state index >= 15 is 0 Å². The fourth-order valence-corrected chi connectivity index (χ4v) is 4.34. The summed E-state index contributed by atoms with van der Waals surface area (Å²) >= 11 is 7.56. The van der Waals surface area contributed by atoms with Crippen molar-refractivity contribution in [3.8, 4) is 10.6 Å². The number of nitrogens with zero attached hydrogens (tertiary/aromatic N) is 1. The number of nitrogens with one attached hydrogen (secondary N) is 1. The first-order valence-corrected chi connectivity index (χ1v) is 10.8. The maximum Gasteiger partial charge on any atom is 0.422 e. The molecule has 0 saturated heterocycles. The van der Waals surface area contributed by atoms with E-state index in [9.17, 15) is 22.8 Å². The molecule has 168 valence electrons. The van der Waals surface area contributed by atoms with Crippen molar-refractivity contribution < 1.29 is 32.2 Å². The molecule has 1 aliphatic carbocycles. The van der Waals surface area contributed by atoms with Gasteiger partial charge in [0.2, 0.25) is 0 Å². The van der Waals surface area contributed by atoms with Crippen LogP contribution in [0.15, 0.2) is 29.6 Å². The Kier molecular flexibility index (Phi) is 7.77. The van der Waals surface area contributed by atoms with Crippen LogP contribution >= 0.6 is 22.9 Å². The minimum absolute atomic E-state index is 0.0307. The zero-order valence-electron chi connectivity index (χ0n) is 16.3. The summed E-state index contributed by atoms with van der Waals surface area (Å²) < 4.78 is 45.8. The normalized spacial score (nSPS) is 19.0. The molecule has 1 fully saturated rings. The highest BCUT2D eigenvalue weighted by atomic mass is 35.5. The number of benzene rings is 1. The van der Waals surface area contributed by atoms with Gasteiger partial charge in [0.15, 0.2) is 6.61 Å². The van der Waals surface area contributed by atoms with Crippen LogP contribution in [-0.2, 0) is 20.7 Å². The Balaban J connectivity index is 1.41.